The Labute approximate surface area is 148 Å². The molecule has 1 rings (SSSR count). The van der Waals surface area contributed by atoms with Gasteiger partial charge in [0.25, 0.3) is 5.91 Å². The van der Waals surface area contributed by atoms with E-state index < -0.39 is 41.4 Å². The summed E-state index contributed by atoms with van der Waals surface area (Å²) in [5, 5.41) is 18.8. The van der Waals surface area contributed by atoms with Gasteiger partial charge in [-0.05, 0) is 40.0 Å². The van der Waals surface area contributed by atoms with Gasteiger partial charge in [-0.3, -0.25) is 14.8 Å². The summed E-state index contributed by atoms with van der Waals surface area (Å²) in [6.45, 7) is 7.57. The van der Waals surface area contributed by atoms with Crippen molar-refractivity contribution in [1.82, 2.24) is 10.4 Å². The van der Waals surface area contributed by atoms with Crippen molar-refractivity contribution in [3.05, 3.63) is 0 Å². The number of aliphatic hydroxyl groups excluding tert-OH is 1. The second kappa shape index (κ2) is 9.15. The van der Waals surface area contributed by atoms with Gasteiger partial charge in [0.15, 0.2) is 0 Å². The van der Waals surface area contributed by atoms with Gasteiger partial charge >= 0.3 is 5.97 Å². The maximum absolute atomic E-state index is 12.9. The highest BCUT2D eigenvalue weighted by atomic mass is 16.6. The van der Waals surface area contributed by atoms with Crippen LogP contribution in [0.4, 0.5) is 0 Å². The molecular weight excluding hydrogens is 328 g/mol. The fraction of sp³-hybridized carbons (Fsp3) is 0.824. The zero-order valence-corrected chi connectivity index (χ0v) is 15.4. The Kier molecular flexibility index (Phi) is 7.82. The Morgan fingerprint density at radius 2 is 1.96 bits per heavy atom. The first-order chi connectivity index (χ1) is 11.6. The zero-order valence-electron chi connectivity index (χ0n) is 15.4. The topological polar surface area (TPSA) is 116 Å². The summed E-state index contributed by atoms with van der Waals surface area (Å²) in [5.41, 5.74) is 0.720. The first-order valence-corrected chi connectivity index (χ1v) is 8.77. The van der Waals surface area contributed by atoms with E-state index in [9.17, 15) is 19.5 Å². The van der Waals surface area contributed by atoms with Crippen LogP contribution in [0.1, 0.15) is 59.8 Å². The zero-order chi connectivity index (χ0) is 19.2. The highest BCUT2D eigenvalue weighted by molar-refractivity contribution is 5.91. The van der Waals surface area contributed by atoms with Gasteiger partial charge < -0.3 is 14.7 Å². The van der Waals surface area contributed by atoms with Crippen LogP contribution in [0.25, 0.3) is 0 Å². The van der Waals surface area contributed by atoms with E-state index in [0.29, 0.717) is 32.2 Å². The van der Waals surface area contributed by atoms with Crippen LogP contribution in [-0.4, -0.2) is 57.3 Å². The van der Waals surface area contributed by atoms with E-state index in [1.54, 1.807) is 20.8 Å². The fourth-order valence-electron chi connectivity index (χ4n) is 2.95. The van der Waals surface area contributed by atoms with E-state index in [0.717, 1.165) is 6.42 Å². The van der Waals surface area contributed by atoms with Crippen LogP contribution in [0.3, 0.4) is 0 Å². The molecule has 0 saturated carbocycles. The number of hydroxylamine groups is 1. The SMILES string of the molecule is CCCCC(C(=O)N1CCC[C@H]1C(=O)OC(C)(C)C)C(O)C(=O)NO. The summed E-state index contributed by atoms with van der Waals surface area (Å²) in [5.74, 6) is -2.97. The molecule has 1 heterocycles. The summed E-state index contributed by atoms with van der Waals surface area (Å²) in [6, 6.07) is -0.708. The Balaban J connectivity index is 2.93. The average Bonchev–Trinajstić information content (AvgIpc) is 3.02. The molecule has 8 heteroatoms. The lowest BCUT2D eigenvalue weighted by molar-refractivity contribution is -0.165. The summed E-state index contributed by atoms with van der Waals surface area (Å²) < 4.78 is 5.38. The normalized spacial score (nSPS) is 20.1. The number of hydrogen-bond acceptors (Lipinski definition) is 6. The van der Waals surface area contributed by atoms with Crippen LogP contribution in [0, 0.1) is 5.92 Å². The molecule has 0 aromatic heterocycles. The Morgan fingerprint density at radius 1 is 1.32 bits per heavy atom. The van der Waals surface area contributed by atoms with E-state index in [4.69, 9.17) is 9.94 Å². The summed E-state index contributed by atoms with van der Waals surface area (Å²) in [4.78, 5) is 38.2. The van der Waals surface area contributed by atoms with E-state index in [-0.39, 0.29) is 0 Å². The number of carbonyl (C=O) groups is 3. The fourth-order valence-corrected chi connectivity index (χ4v) is 2.95. The molecule has 1 aliphatic rings. The average molecular weight is 358 g/mol. The van der Waals surface area contributed by atoms with Crippen LogP contribution in [-0.2, 0) is 19.1 Å². The molecule has 0 aromatic carbocycles. The number of unbranched alkanes of at least 4 members (excludes halogenated alkanes) is 1. The van der Waals surface area contributed by atoms with Gasteiger partial charge in [0.2, 0.25) is 5.91 Å². The number of rotatable bonds is 7. The third kappa shape index (κ3) is 5.97. The number of esters is 1. The molecule has 3 atom stereocenters. The predicted octanol–water partition coefficient (Wildman–Crippen LogP) is 0.992. The van der Waals surface area contributed by atoms with Crippen molar-refractivity contribution in [1.29, 1.82) is 0 Å². The standard InChI is InChI=1S/C17H30N2O6/c1-5-6-8-11(13(20)14(21)18-24)15(22)19-10-7-9-12(19)16(23)25-17(2,3)4/h11-13,20,24H,5-10H2,1-4H3,(H,18,21)/t11?,12-,13?/m0/s1. The molecule has 25 heavy (non-hydrogen) atoms. The molecule has 2 amide bonds. The highest BCUT2D eigenvalue weighted by Crippen LogP contribution is 2.26. The molecule has 1 saturated heterocycles. The molecule has 0 aliphatic carbocycles. The quantitative estimate of drug-likeness (QED) is 0.355. The molecule has 1 fully saturated rings. The molecule has 0 radical (unpaired) electrons. The molecule has 2 unspecified atom stereocenters. The number of aliphatic hydroxyl groups is 1. The van der Waals surface area contributed by atoms with Crippen LogP contribution in [0.2, 0.25) is 0 Å². The monoisotopic (exact) mass is 358 g/mol. The molecule has 8 nitrogen and oxygen atoms in total. The Morgan fingerprint density at radius 3 is 2.48 bits per heavy atom. The van der Waals surface area contributed by atoms with Crippen LogP contribution >= 0.6 is 0 Å². The second-order valence-electron chi connectivity index (χ2n) is 7.39. The lowest BCUT2D eigenvalue weighted by Gasteiger charge is -2.31. The van der Waals surface area contributed by atoms with Crippen molar-refractivity contribution in [2.75, 3.05) is 6.54 Å². The molecule has 1 aliphatic heterocycles. The number of amides is 2. The van der Waals surface area contributed by atoms with Crippen molar-refractivity contribution < 1.29 is 29.4 Å². The third-order valence-electron chi connectivity index (χ3n) is 4.16. The largest absolute Gasteiger partial charge is 0.458 e. The van der Waals surface area contributed by atoms with Gasteiger partial charge in [0.1, 0.15) is 17.7 Å². The van der Waals surface area contributed by atoms with E-state index >= 15 is 0 Å². The van der Waals surface area contributed by atoms with Crippen molar-refractivity contribution in [2.24, 2.45) is 5.92 Å². The van der Waals surface area contributed by atoms with Crippen molar-refractivity contribution in [2.45, 2.75) is 77.5 Å². The molecule has 0 bridgehead atoms. The molecule has 0 spiro atoms. The lowest BCUT2D eigenvalue weighted by Crippen LogP contribution is -2.50. The minimum atomic E-state index is -1.66. The van der Waals surface area contributed by atoms with E-state index in [2.05, 4.69) is 0 Å². The van der Waals surface area contributed by atoms with Crippen LogP contribution < -0.4 is 5.48 Å². The Bertz CT molecular complexity index is 488. The van der Waals surface area contributed by atoms with Gasteiger partial charge in [0, 0.05) is 6.54 Å². The van der Waals surface area contributed by atoms with Crippen LogP contribution in [0.5, 0.6) is 0 Å². The second-order valence-corrected chi connectivity index (χ2v) is 7.39. The minimum Gasteiger partial charge on any atom is -0.458 e. The van der Waals surface area contributed by atoms with E-state index in [1.807, 2.05) is 6.92 Å². The van der Waals surface area contributed by atoms with Crippen LogP contribution in [0.15, 0.2) is 0 Å². The van der Waals surface area contributed by atoms with Crippen molar-refractivity contribution in [3.8, 4) is 0 Å². The number of nitrogens with one attached hydrogen (secondary N) is 1. The maximum atomic E-state index is 12.9. The number of likely N-dealkylation sites (tertiary alicyclic amines) is 1. The number of hydrogen-bond donors (Lipinski definition) is 3. The number of nitrogens with zero attached hydrogens (tertiary/aromatic N) is 1. The summed E-state index contributed by atoms with van der Waals surface area (Å²) in [6.07, 6.45) is 1.19. The molecule has 3 N–H and O–H groups in total. The molecule has 0 aromatic rings. The first-order valence-electron chi connectivity index (χ1n) is 8.77. The van der Waals surface area contributed by atoms with Gasteiger partial charge in [-0.2, -0.15) is 0 Å². The molecule has 144 valence electrons. The maximum Gasteiger partial charge on any atom is 0.329 e. The lowest BCUT2D eigenvalue weighted by atomic mass is 9.93. The van der Waals surface area contributed by atoms with Gasteiger partial charge in [0.05, 0.1) is 5.92 Å². The molecular formula is C17H30N2O6. The van der Waals surface area contributed by atoms with E-state index in [1.165, 1.54) is 10.4 Å². The predicted molar refractivity (Wildman–Crippen MR) is 89.5 cm³/mol. The van der Waals surface area contributed by atoms with Gasteiger partial charge in [-0.25, -0.2) is 10.3 Å². The first kappa shape index (κ1) is 21.4. The minimum absolute atomic E-state index is 0.293. The van der Waals surface area contributed by atoms with Crippen molar-refractivity contribution in [3.63, 3.8) is 0 Å². The number of carbonyl (C=O) groups excluding carboxylic acids is 3. The summed E-state index contributed by atoms with van der Waals surface area (Å²) >= 11 is 0. The third-order valence-corrected chi connectivity index (χ3v) is 4.16. The number of ether oxygens (including phenoxy) is 1. The highest BCUT2D eigenvalue weighted by Gasteiger charge is 2.42. The summed E-state index contributed by atoms with van der Waals surface area (Å²) in [7, 11) is 0. The van der Waals surface area contributed by atoms with Gasteiger partial charge in [-0.1, -0.05) is 19.8 Å². The Hall–Kier alpha value is -1.67. The van der Waals surface area contributed by atoms with Crippen molar-refractivity contribution >= 4 is 17.8 Å². The smallest absolute Gasteiger partial charge is 0.329 e. The van der Waals surface area contributed by atoms with Gasteiger partial charge in [-0.15, -0.1) is 0 Å².